The summed E-state index contributed by atoms with van der Waals surface area (Å²) in [6.45, 7) is 1.49. The van der Waals surface area contributed by atoms with Gasteiger partial charge in [0, 0.05) is 11.8 Å². The number of carboxylic acid groups (broad SMARTS) is 1. The van der Waals surface area contributed by atoms with Crippen LogP contribution in [0.25, 0.3) is 0 Å². The predicted octanol–water partition coefficient (Wildman–Crippen LogP) is -0.468. The Morgan fingerprint density at radius 3 is 2.48 bits per heavy atom. The zero-order chi connectivity index (χ0) is 17.3. The smallest absolute Gasteiger partial charge is 0.342 e. The Hall–Kier alpha value is -2.27. The van der Waals surface area contributed by atoms with Crippen molar-refractivity contribution in [3.8, 4) is 0 Å². The van der Waals surface area contributed by atoms with E-state index in [1.165, 1.54) is 13.0 Å². The van der Waals surface area contributed by atoms with Crippen molar-refractivity contribution in [3.05, 3.63) is 33.9 Å². The highest BCUT2D eigenvalue weighted by atomic mass is 16.6. The van der Waals surface area contributed by atoms with E-state index in [0.29, 0.717) is 0 Å². The van der Waals surface area contributed by atoms with E-state index in [1.54, 1.807) is 0 Å². The van der Waals surface area contributed by atoms with Crippen molar-refractivity contribution in [3.63, 3.8) is 0 Å². The minimum atomic E-state index is -1.47. The molecule has 1 fully saturated rings. The van der Waals surface area contributed by atoms with Crippen LogP contribution in [-0.2, 0) is 4.74 Å². The highest BCUT2D eigenvalue weighted by molar-refractivity contribution is 5.93. The van der Waals surface area contributed by atoms with Gasteiger partial charge in [0.2, 0.25) is 0 Å². The lowest BCUT2D eigenvalue weighted by atomic mass is 9.99. The number of anilines is 1. The number of hydrogen-bond acceptors (Lipinski definition) is 8. The van der Waals surface area contributed by atoms with E-state index in [2.05, 4.69) is 5.32 Å². The number of nitrogens with one attached hydrogen (secondary N) is 1. The Balaban J connectivity index is 2.25. The highest BCUT2D eigenvalue weighted by Crippen LogP contribution is 2.27. The lowest BCUT2D eigenvalue weighted by Gasteiger charge is -2.39. The van der Waals surface area contributed by atoms with Crippen LogP contribution in [0.15, 0.2) is 18.2 Å². The van der Waals surface area contributed by atoms with E-state index in [9.17, 15) is 30.2 Å². The molecule has 0 unspecified atom stereocenters. The summed E-state index contributed by atoms with van der Waals surface area (Å²) in [4.78, 5) is 21.1. The molecule has 10 heteroatoms. The van der Waals surface area contributed by atoms with Crippen molar-refractivity contribution >= 4 is 17.3 Å². The van der Waals surface area contributed by atoms with Gasteiger partial charge in [-0.1, -0.05) is 0 Å². The van der Waals surface area contributed by atoms with Gasteiger partial charge in [-0.2, -0.15) is 0 Å². The van der Waals surface area contributed by atoms with Crippen LogP contribution in [0.3, 0.4) is 0 Å². The lowest BCUT2D eigenvalue weighted by Crippen LogP contribution is -2.58. The van der Waals surface area contributed by atoms with Gasteiger partial charge >= 0.3 is 5.97 Å². The molecule has 1 aliphatic rings. The van der Waals surface area contributed by atoms with E-state index in [1.807, 2.05) is 0 Å². The van der Waals surface area contributed by atoms with Crippen LogP contribution in [0.4, 0.5) is 11.4 Å². The Morgan fingerprint density at radius 2 is 1.91 bits per heavy atom. The molecule has 5 atom stereocenters. The summed E-state index contributed by atoms with van der Waals surface area (Å²) in [7, 11) is 0. The molecule has 10 nitrogen and oxygen atoms in total. The van der Waals surface area contributed by atoms with Gasteiger partial charge in [0.1, 0.15) is 23.9 Å². The van der Waals surface area contributed by atoms with E-state index < -0.39 is 52.8 Å². The molecule has 23 heavy (non-hydrogen) atoms. The van der Waals surface area contributed by atoms with Gasteiger partial charge < -0.3 is 30.5 Å². The Bertz CT molecular complexity index is 622. The topological polar surface area (TPSA) is 162 Å². The van der Waals surface area contributed by atoms with Crippen molar-refractivity contribution in [2.45, 2.75) is 37.6 Å². The van der Waals surface area contributed by atoms with Gasteiger partial charge in [-0.25, -0.2) is 4.79 Å². The number of aliphatic hydroxyl groups is 3. The summed E-state index contributed by atoms with van der Waals surface area (Å²) >= 11 is 0. The number of ether oxygens (including phenoxy) is 1. The SMILES string of the molecule is C[C@@H]1O[C@@H](Nc2ccc(C(=O)O)c([N+](=O)[O-])c2)[C@@H](O)[C@@H](O)[C@H]1O. The van der Waals surface area contributed by atoms with Crippen LogP contribution in [0.1, 0.15) is 17.3 Å². The summed E-state index contributed by atoms with van der Waals surface area (Å²) in [6, 6.07) is 3.31. The molecule has 5 N–H and O–H groups in total. The predicted molar refractivity (Wildman–Crippen MR) is 76.0 cm³/mol. The summed E-state index contributed by atoms with van der Waals surface area (Å²) in [6.07, 6.45) is -6.10. The van der Waals surface area contributed by atoms with Crippen molar-refractivity contribution in [2.75, 3.05) is 5.32 Å². The van der Waals surface area contributed by atoms with Crippen LogP contribution in [0.5, 0.6) is 0 Å². The van der Waals surface area contributed by atoms with Crippen LogP contribution < -0.4 is 5.32 Å². The normalized spacial score (nSPS) is 30.7. The molecule has 1 aliphatic heterocycles. The summed E-state index contributed by atoms with van der Waals surface area (Å²) in [5.41, 5.74) is -0.975. The molecule has 0 aliphatic carbocycles. The van der Waals surface area contributed by atoms with Crippen molar-refractivity contribution in [1.82, 2.24) is 0 Å². The van der Waals surface area contributed by atoms with Crippen molar-refractivity contribution in [2.24, 2.45) is 0 Å². The standard InChI is InChI=1S/C13H16N2O8/c1-5-9(16)10(17)11(18)12(23-5)14-6-2-3-7(13(19)20)8(4-6)15(21)22/h2-5,9-12,14,16-18H,1H3,(H,19,20)/t5-,9-,10-,11-,12+/m0/s1. The molecule has 0 aromatic heterocycles. The third kappa shape index (κ3) is 3.40. The second-order valence-electron chi connectivity index (χ2n) is 5.17. The fourth-order valence-electron chi connectivity index (χ4n) is 2.29. The zero-order valence-corrected chi connectivity index (χ0v) is 12.0. The molecule has 0 radical (unpaired) electrons. The molecule has 0 amide bonds. The first kappa shape index (κ1) is 17.1. The minimum Gasteiger partial charge on any atom is -0.477 e. The molecular weight excluding hydrogens is 312 g/mol. The van der Waals surface area contributed by atoms with E-state index >= 15 is 0 Å². The van der Waals surface area contributed by atoms with E-state index in [4.69, 9.17) is 9.84 Å². The second kappa shape index (κ2) is 6.46. The number of rotatable bonds is 4. The van der Waals surface area contributed by atoms with Crippen molar-refractivity contribution in [1.29, 1.82) is 0 Å². The minimum absolute atomic E-state index is 0.126. The third-order valence-electron chi connectivity index (χ3n) is 3.59. The zero-order valence-electron chi connectivity index (χ0n) is 12.0. The quantitative estimate of drug-likeness (QED) is 0.363. The van der Waals surface area contributed by atoms with Gasteiger partial charge in [-0.05, 0) is 19.1 Å². The van der Waals surface area contributed by atoms with Gasteiger partial charge in [-0.15, -0.1) is 0 Å². The average molecular weight is 328 g/mol. The van der Waals surface area contributed by atoms with Gasteiger partial charge in [0.15, 0.2) is 6.23 Å². The average Bonchev–Trinajstić information content (AvgIpc) is 2.50. The van der Waals surface area contributed by atoms with Crippen molar-refractivity contribution < 1.29 is 34.9 Å². The molecule has 1 heterocycles. The molecule has 1 aromatic rings. The molecule has 126 valence electrons. The molecular formula is C13H16N2O8. The highest BCUT2D eigenvalue weighted by Gasteiger charge is 2.41. The molecule has 0 bridgehead atoms. The first-order chi connectivity index (χ1) is 10.7. The number of carboxylic acids is 1. The van der Waals surface area contributed by atoms with E-state index in [0.717, 1.165) is 12.1 Å². The van der Waals surface area contributed by atoms with Gasteiger partial charge in [0.25, 0.3) is 5.69 Å². The maximum atomic E-state index is 11.0. The number of nitrogens with zero attached hydrogens (tertiary/aromatic N) is 1. The van der Waals surface area contributed by atoms with E-state index in [-0.39, 0.29) is 5.69 Å². The lowest BCUT2D eigenvalue weighted by molar-refractivity contribution is -0.385. The number of aliphatic hydroxyl groups excluding tert-OH is 3. The van der Waals surface area contributed by atoms with Crippen LogP contribution in [0.2, 0.25) is 0 Å². The fourth-order valence-corrected chi connectivity index (χ4v) is 2.29. The number of carbonyl (C=O) groups is 1. The molecule has 2 rings (SSSR count). The fraction of sp³-hybridized carbons (Fsp3) is 0.462. The second-order valence-corrected chi connectivity index (χ2v) is 5.17. The number of hydrogen-bond donors (Lipinski definition) is 5. The van der Waals surface area contributed by atoms with Crippen LogP contribution >= 0.6 is 0 Å². The van der Waals surface area contributed by atoms with Gasteiger partial charge in [0.05, 0.1) is 11.0 Å². The summed E-state index contributed by atoms with van der Waals surface area (Å²) in [5.74, 6) is -1.44. The first-order valence-corrected chi connectivity index (χ1v) is 6.70. The number of benzene rings is 1. The maximum Gasteiger partial charge on any atom is 0.342 e. The summed E-state index contributed by atoms with van der Waals surface area (Å²) in [5, 5.41) is 51.7. The Kier molecular flexibility index (Phi) is 4.80. The number of nitro benzene ring substituents is 1. The molecule has 0 spiro atoms. The molecule has 1 saturated heterocycles. The number of nitro groups is 1. The van der Waals surface area contributed by atoms with Crippen LogP contribution in [-0.4, -0.2) is 62.0 Å². The van der Waals surface area contributed by atoms with Crippen LogP contribution in [0, 0.1) is 10.1 Å². The third-order valence-corrected chi connectivity index (χ3v) is 3.59. The largest absolute Gasteiger partial charge is 0.477 e. The Morgan fingerprint density at radius 1 is 1.26 bits per heavy atom. The monoisotopic (exact) mass is 328 g/mol. The molecule has 1 aromatic carbocycles. The van der Waals surface area contributed by atoms with Gasteiger partial charge in [-0.3, -0.25) is 10.1 Å². The Labute approximate surface area is 130 Å². The maximum absolute atomic E-state index is 11.0. The number of aromatic carboxylic acids is 1. The summed E-state index contributed by atoms with van der Waals surface area (Å²) < 4.78 is 5.31. The first-order valence-electron chi connectivity index (χ1n) is 6.70. The molecule has 0 saturated carbocycles.